The molecule has 2 aromatic heterocycles. The van der Waals surface area contributed by atoms with Crippen LogP contribution in [0, 0.1) is 24.0 Å². The number of aromatic nitrogens is 2. The topological polar surface area (TPSA) is 92.5 Å². The van der Waals surface area contributed by atoms with E-state index < -0.39 is 4.92 Å². The minimum Gasteiger partial charge on any atom is -0.323 e. The Labute approximate surface area is 138 Å². The van der Waals surface area contributed by atoms with Crippen LogP contribution in [-0.4, -0.2) is 34.4 Å². The summed E-state index contributed by atoms with van der Waals surface area (Å²) >= 11 is 0. The molecule has 0 aromatic carbocycles. The molecular weight excluding hydrogens is 310 g/mol. The molecule has 8 heteroatoms. The maximum atomic E-state index is 12.8. The molecule has 0 radical (unpaired) electrons. The summed E-state index contributed by atoms with van der Waals surface area (Å²) in [5.41, 5.74) is 2.57. The largest absolute Gasteiger partial charge is 0.323 e. The molecule has 1 amide bonds. The van der Waals surface area contributed by atoms with Gasteiger partial charge in [-0.2, -0.15) is 0 Å². The van der Waals surface area contributed by atoms with E-state index in [0.717, 1.165) is 16.9 Å². The van der Waals surface area contributed by atoms with Gasteiger partial charge in [-0.1, -0.05) is 0 Å². The fourth-order valence-electron chi connectivity index (χ4n) is 2.75. The number of hydrogen-bond donors (Lipinski definition) is 0. The van der Waals surface area contributed by atoms with Crippen LogP contribution in [0.25, 0.3) is 0 Å². The predicted octanol–water partition coefficient (Wildman–Crippen LogP) is 2.75. The van der Waals surface area contributed by atoms with Gasteiger partial charge in [0.1, 0.15) is 12.0 Å². The molecule has 0 saturated heterocycles. The zero-order chi connectivity index (χ0) is 17.6. The molecule has 0 atom stereocenters. The Morgan fingerprint density at radius 3 is 2.58 bits per heavy atom. The fourth-order valence-corrected chi connectivity index (χ4v) is 2.75. The summed E-state index contributed by atoms with van der Waals surface area (Å²) in [4.78, 5) is 35.3. The average molecular weight is 327 g/mol. The van der Waals surface area contributed by atoms with E-state index in [1.54, 1.807) is 7.05 Å². The molecule has 0 unspecified atom stereocenters. The first-order valence-electron chi connectivity index (χ1n) is 7.53. The molecule has 3 rings (SSSR count). The molecule has 0 aliphatic carbocycles. The summed E-state index contributed by atoms with van der Waals surface area (Å²) in [5.74, 6) is 0.559. The van der Waals surface area contributed by atoms with Crippen LogP contribution >= 0.6 is 0 Å². The fraction of sp³-hybridized carbons (Fsp3) is 0.312. The van der Waals surface area contributed by atoms with Gasteiger partial charge in [0, 0.05) is 25.4 Å². The minimum atomic E-state index is -0.554. The molecule has 2 aromatic rings. The van der Waals surface area contributed by atoms with Crippen LogP contribution in [0.15, 0.2) is 18.3 Å². The Morgan fingerprint density at radius 1 is 1.25 bits per heavy atom. The maximum Gasteiger partial charge on any atom is 0.288 e. The Bertz CT molecular complexity index is 865. The van der Waals surface area contributed by atoms with E-state index in [1.807, 2.05) is 31.7 Å². The van der Waals surface area contributed by atoms with E-state index in [1.165, 1.54) is 17.2 Å². The zero-order valence-electron chi connectivity index (χ0n) is 13.9. The van der Waals surface area contributed by atoms with Crippen molar-refractivity contribution in [2.24, 2.45) is 0 Å². The molecule has 0 fully saturated rings. The number of aryl methyl sites for hydroxylation is 2. The van der Waals surface area contributed by atoms with Crippen molar-refractivity contribution in [2.45, 2.75) is 20.8 Å². The molecule has 24 heavy (non-hydrogen) atoms. The highest BCUT2D eigenvalue weighted by molar-refractivity contribution is 6.12. The molecule has 0 N–H and O–H groups in total. The SMILES string of the molecule is CCN1c2cc(C)c(C)nc2N(C)C(=O)c2cc([N+](=O)[O-])cnc21. The standard InChI is InChI=1S/C16H17N5O3/c1-5-20-13-6-9(2)10(3)18-15(13)19(4)16(22)12-7-11(21(23)24)8-17-14(12)20/h6-8H,5H2,1-4H3. The lowest BCUT2D eigenvalue weighted by Crippen LogP contribution is -2.26. The number of carbonyl (C=O) groups is 1. The molecule has 0 spiro atoms. The van der Waals surface area contributed by atoms with Crippen LogP contribution in [0.5, 0.6) is 0 Å². The van der Waals surface area contributed by atoms with Crippen molar-refractivity contribution in [3.8, 4) is 0 Å². The summed E-state index contributed by atoms with van der Waals surface area (Å²) in [5, 5.41) is 11.0. The van der Waals surface area contributed by atoms with Crippen LogP contribution in [0.4, 0.5) is 23.0 Å². The van der Waals surface area contributed by atoms with Crippen molar-refractivity contribution in [3.63, 3.8) is 0 Å². The van der Waals surface area contributed by atoms with Crippen molar-refractivity contribution in [2.75, 3.05) is 23.4 Å². The molecule has 124 valence electrons. The summed E-state index contributed by atoms with van der Waals surface area (Å²) < 4.78 is 0. The van der Waals surface area contributed by atoms with E-state index >= 15 is 0 Å². The molecule has 1 aliphatic rings. The third-order valence-corrected chi connectivity index (χ3v) is 4.21. The first kappa shape index (κ1) is 15.9. The van der Waals surface area contributed by atoms with Crippen LogP contribution in [0.2, 0.25) is 0 Å². The molecule has 8 nitrogen and oxygen atoms in total. The molecule has 0 bridgehead atoms. The van der Waals surface area contributed by atoms with Gasteiger partial charge < -0.3 is 4.90 Å². The van der Waals surface area contributed by atoms with Gasteiger partial charge in [-0.05, 0) is 32.4 Å². The summed E-state index contributed by atoms with van der Waals surface area (Å²) in [6.45, 7) is 6.32. The number of rotatable bonds is 2. The minimum absolute atomic E-state index is 0.196. The Balaban J connectivity index is 2.31. The van der Waals surface area contributed by atoms with E-state index in [9.17, 15) is 14.9 Å². The number of amides is 1. The van der Waals surface area contributed by atoms with Crippen LogP contribution in [-0.2, 0) is 0 Å². The Morgan fingerprint density at radius 2 is 1.96 bits per heavy atom. The lowest BCUT2D eigenvalue weighted by Gasteiger charge is -2.24. The van der Waals surface area contributed by atoms with Gasteiger partial charge in [-0.25, -0.2) is 9.97 Å². The Hall–Kier alpha value is -3.03. The van der Waals surface area contributed by atoms with Crippen molar-refractivity contribution in [1.29, 1.82) is 0 Å². The smallest absolute Gasteiger partial charge is 0.288 e. The van der Waals surface area contributed by atoms with Crippen LogP contribution in [0.1, 0.15) is 28.5 Å². The van der Waals surface area contributed by atoms with Gasteiger partial charge >= 0.3 is 0 Å². The van der Waals surface area contributed by atoms with Gasteiger partial charge in [0.2, 0.25) is 0 Å². The monoisotopic (exact) mass is 327 g/mol. The summed E-state index contributed by atoms with van der Waals surface area (Å²) in [6.07, 6.45) is 1.17. The Kier molecular flexibility index (Phi) is 3.67. The van der Waals surface area contributed by atoms with Gasteiger partial charge in [-0.15, -0.1) is 0 Å². The number of fused-ring (bicyclic) bond motifs is 2. The van der Waals surface area contributed by atoms with Crippen LogP contribution < -0.4 is 9.80 Å². The second-order valence-electron chi connectivity index (χ2n) is 5.66. The van der Waals surface area contributed by atoms with Gasteiger partial charge in [0.25, 0.3) is 11.6 Å². The van der Waals surface area contributed by atoms with E-state index in [0.29, 0.717) is 18.2 Å². The molecule has 3 heterocycles. The number of nitrogens with zero attached hydrogens (tertiary/aromatic N) is 5. The lowest BCUT2D eigenvalue weighted by atomic mass is 10.2. The predicted molar refractivity (Wildman–Crippen MR) is 90.0 cm³/mol. The second kappa shape index (κ2) is 5.55. The van der Waals surface area contributed by atoms with E-state index in [2.05, 4.69) is 9.97 Å². The second-order valence-corrected chi connectivity index (χ2v) is 5.66. The van der Waals surface area contributed by atoms with E-state index in [-0.39, 0.29) is 17.2 Å². The van der Waals surface area contributed by atoms with Crippen LogP contribution in [0.3, 0.4) is 0 Å². The van der Waals surface area contributed by atoms with Gasteiger partial charge in [-0.3, -0.25) is 19.8 Å². The average Bonchev–Trinajstić information content (AvgIpc) is 2.64. The van der Waals surface area contributed by atoms with Gasteiger partial charge in [0.15, 0.2) is 5.82 Å². The van der Waals surface area contributed by atoms with Crippen molar-refractivity contribution >= 4 is 28.9 Å². The van der Waals surface area contributed by atoms with Crippen molar-refractivity contribution < 1.29 is 9.72 Å². The number of anilines is 3. The molecule has 0 saturated carbocycles. The third kappa shape index (κ3) is 2.27. The maximum absolute atomic E-state index is 12.8. The number of pyridine rings is 2. The third-order valence-electron chi connectivity index (χ3n) is 4.21. The number of carbonyl (C=O) groups excluding carboxylic acids is 1. The summed E-state index contributed by atoms with van der Waals surface area (Å²) in [6, 6.07) is 3.23. The lowest BCUT2D eigenvalue weighted by molar-refractivity contribution is -0.385. The highest BCUT2D eigenvalue weighted by Crippen LogP contribution is 2.39. The van der Waals surface area contributed by atoms with Crippen molar-refractivity contribution in [1.82, 2.24) is 9.97 Å². The molecular formula is C16H17N5O3. The number of hydrogen-bond acceptors (Lipinski definition) is 6. The summed E-state index contributed by atoms with van der Waals surface area (Å²) in [7, 11) is 1.62. The van der Waals surface area contributed by atoms with Gasteiger partial charge in [0.05, 0.1) is 16.2 Å². The van der Waals surface area contributed by atoms with E-state index in [4.69, 9.17) is 0 Å². The van der Waals surface area contributed by atoms with Crippen molar-refractivity contribution in [3.05, 3.63) is 45.3 Å². The zero-order valence-corrected chi connectivity index (χ0v) is 13.9. The first-order chi connectivity index (χ1) is 11.3. The normalized spacial score (nSPS) is 13.4. The first-order valence-corrected chi connectivity index (χ1v) is 7.53. The quantitative estimate of drug-likeness (QED) is 0.622. The number of nitro groups is 1. The highest BCUT2D eigenvalue weighted by Gasteiger charge is 2.32. The highest BCUT2D eigenvalue weighted by atomic mass is 16.6. The molecule has 1 aliphatic heterocycles.